The molecule has 1 aromatic rings. The third kappa shape index (κ3) is 4.54. The monoisotopic (exact) mass is 449 g/mol. The second kappa shape index (κ2) is 8.60. The number of nitrogens with zero attached hydrogens (tertiary/aromatic N) is 3. The van der Waals surface area contributed by atoms with E-state index in [4.69, 9.17) is 9.47 Å². The minimum atomic E-state index is -3.62. The van der Waals surface area contributed by atoms with Crippen molar-refractivity contribution in [2.45, 2.75) is 30.6 Å². The van der Waals surface area contributed by atoms with Gasteiger partial charge in [-0.05, 0) is 43.7 Å². The van der Waals surface area contributed by atoms with Crippen LogP contribution in [-0.2, 0) is 14.8 Å². The zero-order chi connectivity index (χ0) is 21.4. The van der Waals surface area contributed by atoms with Crippen LogP contribution in [0, 0.1) is 11.8 Å². The van der Waals surface area contributed by atoms with Gasteiger partial charge in [-0.2, -0.15) is 4.31 Å². The van der Waals surface area contributed by atoms with Crippen molar-refractivity contribution in [1.82, 2.24) is 14.1 Å². The fourth-order valence-corrected chi connectivity index (χ4v) is 6.24. The first-order chi connectivity index (χ1) is 15.0. The summed E-state index contributed by atoms with van der Waals surface area (Å²) in [5, 5.41) is 0. The zero-order valence-electron chi connectivity index (χ0n) is 17.9. The van der Waals surface area contributed by atoms with Crippen LogP contribution in [0.2, 0.25) is 0 Å². The van der Waals surface area contributed by atoms with Gasteiger partial charge in [0.25, 0.3) is 0 Å². The molecule has 1 amide bonds. The van der Waals surface area contributed by atoms with E-state index in [9.17, 15) is 13.2 Å². The minimum absolute atomic E-state index is 0.0818. The number of hydrogen-bond donors (Lipinski definition) is 0. The highest BCUT2D eigenvalue weighted by Crippen LogP contribution is 2.34. The standard InChI is InChI=1S/C22H31N3O5S/c26-22(24-11-9-23(10-12-24)16-17-1-2-17)18-5-7-25(8-6-18)31(27,28)19-3-4-20-21(15-19)30-14-13-29-20/h3-4,15,17-18H,1-2,5-14,16H2. The highest BCUT2D eigenvalue weighted by Gasteiger charge is 2.35. The summed E-state index contributed by atoms with van der Waals surface area (Å²) in [5.74, 6) is 2.04. The molecule has 3 heterocycles. The van der Waals surface area contributed by atoms with Crippen LogP contribution in [0.4, 0.5) is 0 Å². The summed E-state index contributed by atoms with van der Waals surface area (Å²) in [5.41, 5.74) is 0. The highest BCUT2D eigenvalue weighted by atomic mass is 32.2. The zero-order valence-corrected chi connectivity index (χ0v) is 18.7. The molecular formula is C22H31N3O5S. The normalized spacial score (nSPS) is 23.7. The predicted molar refractivity (Wildman–Crippen MR) is 115 cm³/mol. The van der Waals surface area contributed by atoms with Crippen molar-refractivity contribution < 1.29 is 22.7 Å². The number of ether oxygens (including phenoxy) is 2. The first-order valence-electron chi connectivity index (χ1n) is 11.4. The number of sulfonamides is 1. The number of fused-ring (bicyclic) bond motifs is 1. The van der Waals surface area contributed by atoms with Gasteiger partial charge >= 0.3 is 0 Å². The van der Waals surface area contributed by atoms with Crippen LogP contribution in [0.1, 0.15) is 25.7 Å². The number of piperidine rings is 1. The van der Waals surface area contributed by atoms with Gasteiger partial charge in [0.05, 0.1) is 4.90 Å². The lowest BCUT2D eigenvalue weighted by atomic mass is 9.96. The summed E-state index contributed by atoms with van der Waals surface area (Å²) < 4.78 is 38.7. The molecule has 9 heteroatoms. The molecule has 170 valence electrons. The summed E-state index contributed by atoms with van der Waals surface area (Å²) >= 11 is 0. The smallest absolute Gasteiger partial charge is 0.243 e. The third-order valence-electron chi connectivity index (χ3n) is 6.85. The molecule has 0 atom stereocenters. The maximum atomic E-state index is 13.1. The molecule has 1 aliphatic carbocycles. The van der Waals surface area contributed by atoms with Crippen molar-refractivity contribution in [1.29, 1.82) is 0 Å². The van der Waals surface area contributed by atoms with E-state index in [0.29, 0.717) is 50.6 Å². The van der Waals surface area contributed by atoms with Gasteiger partial charge in [0.1, 0.15) is 13.2 Å². The second-order valence-corrected chi connectivity index (χ2v) is 11.0. The molecule has 1 aromatic carbocycles. The van der Waals surface area contributed by atoms with Crippen molar-refractivity contribution in [2.24, 2.45) is 11.8 Å². The molecule has 0 spiro atoms. The van der Waals surface area contributed by atoms with Crippen molar-refractivity contribution in [3.63, 3.8) is 0 Å². The van der Waals surface area contributed by atoms with Gasteiger partial charge in [-0.1, -0.05) is 0 Å². The van der Waals surface area contributed by atoms with E-state index < -0.39 is 10.0 Å². The lowest BCUT2D eigenvalue weighted by molar-refractivity contribution is -0.138. The van der Waals surface area contributed by atoms with Gasteiger partial charge in [0.15, 0.2) is 11.5 Å². The Balaban J connectivity index is 1.16. The molecule has 4 aliphatic rings. The van der Waals surface area contributed by atoms with Crippen molar-refractivity contribution in [3.8, 4) is 11.5 Å². The Morgan fingerprint density at radius 2 is 1.58 bits per heavy atom. The lowest BCUT2D eigenvalue weighted by Crippen LogP contribution is -2.52. The van der Waals surface area contributed by atoms with Gasteiger partial charge in [-0.15, -0.1) is 0 Å². The fourth-order valence-electron chi connectivity index (χ4n) is 4.75. The Kier molecular flexibility index (Phi) is 5.83. The van der Waals surface area contributed by atoms with Crippen LogP contribution >= 0.6 is 0 Å². The molecule has 0 radical (unpaired) electrons. The van der Waals surface area contributed by atoms with Crippen LogP contribution < -0.4 is 9.47 Å². The van der Waals surface area contributed by atoms with E-state index in [1.165, 1.54) is 23.7 Å². The molecule has 0 unspecified atom stereocenters. The maximum absolute atomic E-state index is 13.1. The Bertz CT molecular complexity index is 917. The molecule has 5 rings (SSSR count). The summed E-state index contributed by atoms with van der Waals surface area (Å²) in [7, 11) is -3.62. The third-order valence-corrected chi connectivity index (χ3v) is 8.75. The Labute approximate surface area is 184 Å². The van der Waals surface area contributed by atoms with Crippen LogP contribution in [0.3, 0.4) is 0 Å². The van der Waals surface area contributed by atoms with E-state index in [-0.39, 0.29) is 16.7 Å². The lowest BCUT2D eigenvalue weighted by Gasteiger charge is -2.38. The van der Waals surface area contributed by atoms with Gasteiger partial charge in [-0.25, -0.2) is 8.42 Å². The summed E-state index contributed by atoms with van der Waals surface area (Å²) in [6, 6.07) is 4.77. The van der Waals surface area contributed by atoms with E-state index in [1.807, 2.05) is 4.90 Å². The van der Waals surface area contributed by atoms with E-state index in [1.54, 1.807) is 18.2 Å². The quantitative estimate of drug-likeness (QED) is 0.676. The van der Waals surface area contributed by atoms with Gasteiger partial charge in [-0.3, -0.25) is 9.69 Å². The largest absolute Gasteiger partial charge is 0.486 e. The summed E-state index contributed by atoms with van der Waals surface area (Å²) in [4.78, 5) is 17.7. The van der Waals surface area contributed by atoms with Gasteiger partial charge in [0, 0.05) is 57.8 Å². The number of piperazine rings is 1. The number of rotatable bonds is 5. The number of amides is 1. The second-order valence-electron chi connectivity index (χ2n) is 9.05. The molecule has 2 saturated heterocycles. The van der Waals surface area contributed by atoms with E-state index in [2.05, 4.69) is 4.90 Å². The molecule has 3 aliphatic heterocycles. The van der Waals surface area contributed by atoms with Gasteiger partial charge in [0.2, 0.25) is 15.9 Å². The number of carbonyl (C=O) groups excluding carboxylic acids is 1. The predicted octanol–water partition coefficient (Wildman–Crippen LogP) is 1.41. The molecule has 0 N–H and O–H groups in total. The SMILES string of the molecule is O=C(C1CCN(S(=O)(=O)c2ccc3c(c2)OCCO3)CC1)N1CCN(CC2CC2)CC1. The van der Waals surface area contributed by atoms with Crippen molar-refractivity contribution in [2.75, 3.05) is 59.0 Å². The average Bonchev–Trinajstić information content (AvgIpc) is 3.63. The van der Waals surface area contributed by atoms with Crippen molar-refractivity contribution >= 4 is 15.9 Å². The van der Waals surface area contributed by atoms with Gasteiger partial charge < -0.3 is 14.4 Å². The fraction of sp³-hybridized carbons (Fsp3) is 0.682. The summed E-state index contributed by atoms with van der Waals surface area (Å²) in [6.45, 7) is 6.30. The molecule has 0 aromatic heterocycles. The average molecular weight is 450 g/mol. The Hall–Kier alpha value is -1.84. The maximum Gasteiger partial charge on any atom is 0.243 e. The molecule has 0 bridgehead atoms. The first-order valence-corrected chi connectivity index (χ1v) is 12.9. The Morgan fingerprint density at radius 1 is 0.903 bits per heavy atom. The minimum Gasteiger partial charge on any atom is -0.486 e. The number of carbonyl (C=O) groups is 1. The first kappa shape index (κ1) is 21.0. The molecule has 3 fully saturated rings. The Morgan fingerprint density at radius 3 is 2.26 bits per heavy atom. The van der Waals surface area contributed by atoms with E-state index >= 15 is 0 Å². The molecule has 1 saturated carbocycles. The van der Waals surface area contributed by atoms with Crippen LogP contribution in [-0.4, -0.2) is 87.5 Å². The van der Waals surface area contributed by atoms with Crippen LogP contribution in [0.5, 0.6) is 11.5 Å². The molecular weight excluding hydrogens is 418 g/mol. The van der Waals surface area contributed by atoms with Crippen LogP contribution in [0.25, 0.3) is 0 Å². The summed E-state index contributed by atoms with van der Waals surface area (Å²) in [6.07, 6.45) is 3.86. The topological polar surface area (TPSA) is 79.4 Å². The van der Waals surface area contributed by atoms with Crippen LogP contribution in [0.15, 0.2) is 23.1 Å². The van der Waals surface area contributed by atoms with E-state index in [0.717, 1.165) is 32.1 Å². The van der Waals surface area contributed by atoms with Crippen molar-refractivity contribution in [3.05, 3.63) is 18.2 Å². The molecule has 8 nitrogen and oxygen atoms in total. The number of hydrogen-bond acceptors (Lipinski definition) is 6. The highest BCUT2D eigenvalue weighted by molar-refractivity contribution is 7.89. The molecule has 31 heavy (non-hydrogen) atoms. The number of benzene rings is 1.